The molecule has 372 valence electrons. The number of fused-ring (bicyclic) bond motifs is 2. The number of hydrogen-bond donors (Lipinski definition) is 7. The van der Waals surface area contributed by atoms with E-state index in [1.165, 1.54) is 0 Å². The van der Waals surface area contributed by atoms with E-state index in [4.69, 9.17) is 24.6 Å². The Hall–Kier alpha value is -7.67. The number of ether oxygens (including phenoxy) is 3. The molecule has 8 rings (SSSR count). The van der Waals surface area contributed by atoms with Crippen LogP contribution in [0.2, 0.25) is 0 Å². The summed E-state index contributed by atoms with van der Waals surface area (Å²) in [5.74, 6) is -0.235. The Balaban J connectivity index is 0.000000213. The predicted molar refractivity (Wildman–Crippen MR) is 264 cm³/mol. The zero-order valence-corrected chi connectivity index (χ0v) is 40.0. The van der Waals surface area contributed by atoms with Crippen LogP contribution in [-0.4, -0.2) is 97.9 Å². The Labute approximate surface area is 411 Å². The average Bonchev–Trinajstić information content (AvgIpc) is 3.37. The highest BCUT2D eigenvalue weighted by Crippen LogP contribution is 2.30. The van der Waals surface area contributed by atoms with Crippen molar-refractivity contribution in [3.63, 3.8) is 0 Å². The normalized spacial score (nSPS) is 15.0. The van der Waals surface area contributed by atoms with Crippen LogP contribution in [-0.2, 0) is 27.5 Å². The molecular formula is C53H60N8O10. The number of benzene rings is 4. The number of nitrogens with zero attached hydrogens (tertiary/aromatic N) is 3. The third kappa shape index (κ3) is 14.0. The van der Waals surface area contributed by atoms with Crippen molar-refractivity contribution in [2.75, 3.05) is 26.2 Å². The van der Waals surface area contributed by atoms with Gasteiger partial charge in [-0.3, -0.25) is 39.6 Å². The van der Waals surface area contributed by atoms with E-state index in [1.807, 2.05) is 84.9 Å². The van der Waals surface area contributed by atoms with Crippen LogP contribution < -0.4 is 36.4 Å². The topological polar surface area (TPSA) is 243 Å². The fraction of sp³-hybridized carbons (Fsp3) is 0.340. The van der Waals surface area contributed by atoms with Gasteiger partial charge in [-0.05, 0) is 131 Å². The predicted octanol–water partition coefficient (Wildman–Crippen LogP) is 6.77. The Morgan fingerprint density at radius 3 is 1.45 bits per heavy atom. The van der Waals surface area contributed by atoms with E-state index < -0.39 is 34.6 Å². The van der Waals surface area contributed by atoms with Crippen LogP contribution in [0, 0.1) is 0 Å². The van der Waals surface area contributed by atoms with Crippen molar-refractivity contribution in [2.45, 2.75) is 89.2 Å². The van der Waals surface area contributed by atoms with E-state index in [9.17, 15) is 24.0 Å². The van der Waals surface area contributed by atoms with E-state index in [2.05, 4.69) is 25.9 Å². The third-order valence-corrected chi connectivity index (χ3v) is 12.4. The molecule has 2 aromatic heterocycles. The SMILES string of the molecule is CC(C)(C)OC(=O)N1CCC(CC(=O)NO)(NC(=O)c2ccc(COc3ccnc4ccccc34)cc2)CC1.O=C(CC1(NC(=O)c2ccc(COc3ccnc4ccccc34)cc2)CCNCC1)NO. The van der Waals surface area contributed by atoms with Crippen LogP contribution in [0.15, 0.2) is 122 Å². The Bertz CT molecular complexity index is 2790. The zero-order chi connectivity index (χ0) is 50.4. The molecule has 18 nitrogen and oxygen atoms in total. The lowest BCUT2D eigenvalue weighted by Gasteiger charge is -2.42. The lowest BCUT2D eigenvalue weighted by Crippen LogP contribution is -2.58. The van der Waals surface area contributed by atoms with Crippen molar-refractivity contribution in [1.29, 1.82) is 0 Å². The van der Waals surface area contributed by atoms with Gasteiger partial charge in [0.15, 0.2) is 0 Å². The van der Waals surface area contributed by atoms with Crippen LogP contribution >= 0.6 is 0 Å². The number of para-hydroxylation sites is 2. The van der Waals surface area contributed by atoms with Crippen molar-refractivity contribution in [2.24, 2.45) is 0 Å². The molecule has 0 unspecified atom stereocenters. The number of likely N-dealkylation sites (tertiary alicyclic amines) is 1. The molecule has 4 aromatic carbocycles. The first-order valence-electron chi connectivity index (χ1n) is 23.5. The van der Waals surface area contributed by atoms with Gasteiger partial charge in [-0.2, -0.15) is 0 Å². The van der Waals surface area contributed by atoms with Crippen LogP contribution in [0.4, 0.5) is 4.79 Å². The number of pyridine rings is 2. The molecule has 0 atom stereocenters. The van der Waals surface area contributed by atoms with Crippen molar-refractivity contribution in [3.05, 3.63) is 144 Å². The minimum atomic E-state index is -0.924. The quantitative estimate of drug-likeness (QED) is 0.0441. The summed E-state index contributed by atoms with van der Waals surface area (Å²) in [6.45, 7) is 8.05. The smallest absolute Gasteiger partial charge is 0.410 e. The second-order valence-electron chi connectivity index (χ2n) is 18.7. The number of amides is 5. The molecule has 71 heavy (non-hydrogen) atoms. The van der Waals surface area contributed by atoms with E-state index in [1.54, 1.807) is 73.3 Å². The van der Waals surface area contributed by atoms with E-state index in [0.29, 0.717) is 76.2 Å². The third-order valence-electron chi connectivity index (χ3n) is 12.4. The molecule has 0 aliphatic carbocycles. The number of rotatable bonds is 14. The molecule has 4 heterocycles. The van der Waals surface area contributed by atoms with E-state index >= 15 is 0 Å². The monoisotopic (exact) mass is 968 g/mol. The second kappa shape index (κ2) is 23.3. The van der Waals surface area contributed by atoms with Crippen molar-refractivity contribution < 1.29 is 48.6 Å². The van der Waals surface area contributed by atoms with Crippen LogP contribution in [0.25, 0.3) is 21.8 Å². The number of nitrogens with one attached hydrogen (secondary N) is 5. The van der Waals surface area contributed by atoms with Gasteiger partial charge in [0.1, 0.15) is 30.3 Å². The maximum absolute atomic E-state index is 13.2. The number of carbonyl (C=O) groups is 5. The van der Waals surface area contributed by atoms with Gasteiger partial charge in [0.25, 0.3) is 11.8 Å². The summed E-state index contributed by atoms with van der Waals surface area (Å²) in [5.41, 5.74) is 5.55. The molecule has 0 radical (unpaired) electrons. The highest BCUT2D eigenvalue weighted by molar-refractivity contribution is 5.96. The minimum absolute atomic E-state index is 0.0305. The lowest BCUT2D eigenvalue weighted by atomic mass is 9.83. The number of piperidine rings is 2. The standard InChI is InChI=1S/C29H34N4O6.C24H26N4O4/c1-28(2,3)39-27(36)33-16-13-29(14-17-33,18-25(34)32-37)31-26(35)21-10-8-20(9-11-21)19-38-24-12-15-30-23-7-5-4-6-22(23)24;29-22(28-31)15-24(10-13-25-14-11-24)27-23(30)18-7-5-17(6-8-18)16-32-21-9-12-26-20-4-2-1-3-19(20)21/h4-12,15,37H,13-14,16-19H2,1-3H3,(H,31,35)(H,32,34);1-9,12,25,31H,10-11,13-16H2,(H,27,30)(H,28,29). The fourth-order valence-corrected chi connectivity index (χ4v) is 8.58. The fourth-order valence-electron chi connectivity index (χ4n) is 8.58. The Morgan fingerprint density at radius 1 is 0.606 bits per heavy atom. The summed E-state index contributed by atoms with van der Waals surface area (Å²) < 4.78 is 17.4. The molecule has 2 saturated heterocycles. The first kappa shape index (κ1) is 51.2. The average molecular weight is 969 g/mol. The minimum Gasteiger partial charge on any atom is -0.488 e. The summed E-state index contributed by atoms with van der Waals surface area (Å²) in [5, 5.41) is 29.1. The zero-order valence-electron chi connectivity index (χ0n) is 40.0. The van der Waals surface area contributed by atoms with Crippen LogP contribution in [0.1, 0.15) is 91.1 Å². The van der Waals surface area contributed by atoms with Gasteiger partial charge in [0, 0.05) is 47.4 Å². The number of aromatic nitrogens is 2. The first-order valence-corrected chi connectivity index (χ1v) is 23.5. The summed E-state index contributed by atoms with van der Waals surface area (Å²) in [6, 6.07) is 33.4. The maximum atomic E-state index is 13.2. The first-order chi connectivity index (χ1) is 34.2. The van der Waals surface area contributed by atoms with Crippen LogP contribution in [0.3, 0.4) is 0 Å². The van der Waals surface area contributed by atoms with Crippen molar-refractivity contribution in [1.82, 2.24) is 41.8 Å². The van der Waals surface area contributed by atoms with Gasteiger partial charge in [-0.15, -0.1) is 0 Å². The molecule has 7 N–H and O–H groups in total. The van der Waals surface area contributed by atoms with Gasteiger partial charge in [-0.1, -0.05) is 48.5 Å². The number of carbonyl (C=O) groups excluding carboxylic acids is 5. The number of hydrogen-bond acceptors (Lipinski definition) is 13. The molecule has 0 bridgehead atoms. The van der Waals surface area contributed by atoms with Gasteiger partial charge >= 0.3 is 6.09 Å². The van der Waals surface area contributed by atoms with E-state index in [-0.39, 0.29) is 24.7 Å². The van der Waals surface area contributed by atoms with Crippen molar-refractivity contribution in [3.8, 4) is 11.5 Å². The summed E-state index contributed by atoms with van der Waals surface area (Å²) in [7, 11) is 0. The maximum Gasteiger partial charge on any atom is 0.410 e. The van der Waals surface area contributed by atoms with Gasteiger partial charge in [-0.25, -0.2) is 15.8 Å². The van der Waals surface area contributed by atoms with Crippen LogP contribution in [0.5, 0.6) is 11.5 Å². The lowest BCUT2D eigenvalue weighted by molar-refractivity contribution is -0.131. The molecule has 0 saturated carbocycles. The van der Waals surface area contributed by atoms with E-state index in [0.717, 1.165) is 44.4 Å². The van der Waals surface area contributed by atoms with Gasteiger partial charge in [0.2, 0.25) is 11.8 Å². The molecule has 0 spiro atoms. The highest BCUT2D eigenvalue weighted by Gasteiger charge is 2.40. The summed E-state index contributed by atoms with van der Waals surface area (Å²) in [6.07, 6.45) is 4.78. The molecule has 2 fully saturated rings. The Morgan fingerprint density at radius 2 is 1.03 bits per heavy atom. The second-order valence-corrected chi connectivity index (χ2v) is 18.7. The summed E-state index contributed by atoms with van der Waals surface area (Å²) in [4.78, 5) is 72.6. The van der Waals surface area contributed by atoms with Gasteiger partial charge in [0.05, 0.1) is 35.0 Å². The molecular weight excluding hydrogens is 909 g/mol. The number of hydroxylamine groups is 2. The largest absolute Gasteiger partial charge is 0.488 e. The molecule has 2 aliphatic rings. The molecule has 5 amide bonds. The van der Waals surface area contributed by atoms with Crippen molar-refractivity contribution >= 4 is 51.5 Å². The molecule has 2 aliphatic heterocycles. The van der Waals surface area contributed by atoms with Gasteiger partial charge < -0.3 is 35.1 Å². The molecule has 18 heteroatoms. The highest BCUT2D eigenvalue weighted by atomic mass is 16.6. The molecule has 6 aromatic rings. The summed E-state index contributed by atoms with van der Waals surface area (Å²) >= 11 is 0. The Kier molecular flexibility index (Phi) is 16.8.